The van der Waals surface area contributed by atoms with Crippen molar-refractivity contribution < 1.29 is 14.3 Å². The molecule has 0 unspecified atom stereocenters. The molecule has 0 saturated heterocycles. The zero-order valence-corrected chi connectivity index (χ0v) is 17.5. The van der Waals surface area contributed by atoms with Gasteiger partial charge in [-0.3, -0.25) is 9.59 Å². The molecule has 0 spiro atoms. The van der Waals surface area contributed by atoms with E-state index in [9.17, 15) is 9.59 Å². The van der Waals surface area contributed by atoms with Crippen LogP contribution in [-0.2, 0) is 4.79 Å². The van der Waals surface area contributed by atoms with Gasteiger partial charge in [0.2, 0.25) is 0 Å². The Balaban J connectivity index is 2.14. The fraction of sp³-hybridized carbons (Fsp3) is 0.364. The second-order valence-electron chi connectivity index (χ2n) is 6.74. The smallest absolute Gasteiger partial charge is 0.265 e. The maximum atomic E-state index is 12.8. The van der Waals surface area contributed by atoms with Crippen molar-refractivity contribution in [1.29, 1.82) is 0 Å². The highest BCUT2D eigenvalue weighted by Gasteiger charge is 2.21. The summed E-state index contributed by atoms with van der Waals surface area (Å²) in [5, 5.41) is 6.39. The van der Waals surface area contributed by atoms with Crippen LogP contribution in [0.1, 0.15) is 49.5 Å². The SMILES string of the molecule is CC[C@@H](C)NC(=O)c1ccccc1NC(=O)[C@@H](CC)Oc1ccc(Cl)c(C)c1. The van der Waals surface area contributed by atoms with Gasteiger partial charge in [-0.25, -0.2) is 0 Å². The normalized spacial score (nSPS) is 12.8. The number of nitrogens with one attached hydrogen (secondary N) is 2. The van der Waals surface area contributed by atoms with Crippen LogP contribution < -0.4 is 15.4 Å². The summed E-state index contributed by atoms with van der Waals surface area (Å²) in [4.78, 5) is 25.3. The summed E-state index contributed by atoms with van der Waals surface area (Å²) in [5.74, 6) is 0.0538. The van der Waals surface area contributed by atoms with E-state index in [1.165, 1.54) is 0 Å². The first-order valence-corrected chi connectivity index (χ1v) is 9.87. The molecular formula is C22H27ClN2O3. The predicted molar refractivity (Wildman–Crippen MR) is 113 cm³/mol. The van der Waals surface area contributed by atoms with Gasteiger partial charge in [0.1, 0.15) is 5.75 Å². The summed E-state index contributed by atoms with van der Waals surface area (Å²) in [6, 6.07) is 12.3. The van der Waals surface area contributed by atoms with Crippen LogP contribution in [0.25, 0.3) is 0 Å². The average molecular weight is 403 g/mol. The predicted octanol–water partition coefficient (Wildman–Crippen LogP) is 4.97. The van der Waals surface area contributed by atoms with Crippen molar-refractivity contribution >= 4 is 29.1 Å². The zero-order chi connectivity index (χ0) is 20.7. The molecule has 0 aliphatic carbocycles. The molecule has 2 N–H and O–H groups in total. The van der Waals surface area contributed by atoms with Gasteiger partial charge in [-0.05, 0) is 62.6 Å². The van der Waals surface area contributed by atoms with Crippen LogP contribution in [0.4, 0.5) is 5.69 Å². The molecule has 2 rings (SSSR count). The number of halogens is 1. The molecule has 2 aromatic carbocycles. The first-order chi connectivity index (χ1) is 13.3. The van der Waals surface area contributed by atoms with E-state index >= 15 is 0 Å². The minimum Gasteiger partial charge on any atom is -0.481 e. The van der Waals surface area contributed by atoms with Crippen molar-refractivity contribution in [2.24, 2.45) is 0 Å². The van der Waals surface area contributed by atoms with Gasteiger partial charge >= 0.3 is 0 Å². The van der Waals surface area contributed by atoms with Crippen LogP contribution in [-0.4, -0.2) is 24.0 Å². The Morgan fingerprint density at radius 1 is 1.11 bits per heavy atom. The van der Waals surface area contributed by atoms with Crippen molar-refractivity contribution in [2.75, 3.05) is 5.32 Å². The Morgan fingerprint density at radius 3 is 2.46 bits per heavy atom. The number of rotatable bonds is 8. The van der Waals surface area contributed by atoms with Gasteiger partial charge in [-0.1, -0.05) is 37.6 Å². The van der Waals surface area contributed by atoms with E-state index in [0.29, 0.717) is 28.4 Å². The molecule has 0 aliphatic rings. The second-order valence-corrected chi connectivity index (χ2v) is 7.15. The molecule has 2 atom stereocenters. The molecule has 6 heteroatoms. The Bertz CT molecular complexity index is 838. The van der Waals surface area contributed by atoms with E-state index in [1.54, 1.807) is 42.5 Å². The Kier molecular flexibility index (Phi) is 7.88. The number of aryl methyl sites for hydroxylation is 1. The van der Waals surface area contributed by atoms with Crippen molar-refractivity contribution in [1.82, 2.24) is 5.32 Å². The van der Waals surface area contributed by atoms with Crippen molar-refractivity contribution in [3.8, 4) is 5.75 Å². The molecule has 2 aromatic rings. The van der Waals surface area contributed by atoms with Crippen LogP contribution in [0.3, 0.4) is 0 Å². The molecule has 150 valence electrons. The van der Waals surface area contributed by atoms with Gasteiger partial charge < -0.3 is 15.4 Å². The lowest BCUT2D eigenvalue weighted by atomic mass is 10.1. The van der Waals surface area contributed by atoms with Crippen molar-refractivity contribution in [2.45, 2.75) is 52.7 Å². The molecule has 0 heterocycles. The fourth-order valence-electron chi connectivity index (χ4n) is 2.58. The summed E-state index contributed by atoms with van der Waals surface area (Å²) >= 11 is 6.04. The lowest BCUT2D eigenvalue weighted by Crippen LogP contribution is -2.35. The molecular weight excluding hydrogens is 376 g/mol. The number of hydrogen-bond acceptors (Lipinski definition) is 3. The Labute approximate surface area is 171 Å². The van der Waals surface area contributed by atoms with Crippen LogP contribution in [0.2, 0.25) is 5.02 Å². The number of carbonyl (C=O) groups excluding carboxylic acids is 2. The van der Waals surface area contributed by atoms with Gasteiger partial charge in [-0.2, -0.15) is 0 Å². The van der Waals surface area contributed by atoms with Gasteiger partial charge in [0.15, 0.2) is 6.10 Å². The molecule has 0 aromatic heterocycles. The van der Waals surface area contributed by atoms with Crippen molar-refractivity contribution in [3.05, 3.63) is 58.6 Å². The largest absolute Gasteiger partial charge is 0.481 e. The second kappa shape index (κ2) is 10.1. The van der Waals surface area contributed by atoms with Crippen LogP contribution in [0, 0.1) is 6.92 Å². The highest BCUT2D eigenvalue weighted by Crippen LogP contribution is 2.23. The quantitative estimate of drug-likeness (QED) is 0.654. The molecule has 0 radical (unpaired) electrons. The van der Waals surface area contributed by atoms with Crippen LogP contribution in [0.15, 0.2) is 42.5 Å². The highest BCUT2D eigenvalue weighted by molar-refractivity contribution is 6.31. The third kappa shape index (κ3) is 5.73. The summed E-state index contributed by atoms with van der Waals surface area (Å²) in [6.07, 6.45) is 0.618. The topological polar surface area (TPSA) is 67.4 Å². The summed E-state index contributed by atoms with van der Waals surface area (Å²) in [7, 11) is 0. The number of benzene rings is 2. The lowest BCUT2D eigenvalue weighted by Gasteiger charge is -2.19. The van der Waals surface area contributed by atoms with E-state index < -0.39 is 6.10 Å². The minimum absolute atomic E-state index is 0.0520. The molecule has 0 bridgehead atoms. The average Bonchev–Trinajstić information content (AvgIpc) is 2.68. The highest BCUT2D eigenvalue weighted by atomic mass is 35.5. The molecule has 0 aliphatic heterocycles. The van der Waals surface area contributed by atoms with Gasteiger partial charge in [0.05, 0.1) is 11.3 Å². The van der Waals surface area contributed by atoms with Gasteiger partial charge in [0.25, 0.3) is 11.8 Å². The standard InChI is InChI=1S/C22H27ClN2O3/c1-5-15(4)24-21(26)17-9-7-8-10-19(17)25-22(27)20(6-2)28-16-11-12-18(23)14(3)13-16/h7-13,15,20H,5-6H2,1-4H3,(H,24,26)(H,25,27)/t15-,20-/m1/s1. The van der Waals surface area contributed by atoms with E-state index in [1.807, 2.05) is 27.7 Å². The molecule has 5 nitrogen and oxygen atoms in total. The summed E-state index contributed by atoms with van der Waals surface area (Å²) in [6.45, 7) is 7.69. The lowest BCUT2D eigenvalue weighted by molar-refractivity contribution is -0.122. The first-order valence-electron chi connectivity index (χ1n) is 9.49. The Hall–Kier alpha value is -2.53. The number of hydrogen-bond donors (Lipinski definition) is 2. The molecule has 0 saturated carbocycles. The van der Waals surface area contributed by atoms with Crippen molar-refractivity contribution in [3.63, 3.8) is 0 Å². The maximum absolute atomic E-state index is 12.8. The third-order valence-electron chi connectivity index (χ3n) is 4.49. The maximum Gasteiger partial charge on any atom is 0.265 e. The monoisotopic (exact) mass is 402 g/mol. The van der Waals surface area contributed by atoms with Gasteiger partial charge in [0, 0.05) is 11.1 Å². The number of amides is 2. The number of ether oxygens (including phenoxy) is 1. The van der Waals surface area contributed by atoms with Crippen LogP contribution >= 0.6 is 11.6 Å². The Morgan fingerprint density at radius 2 is 1.82 bits per heavy atom. The van der Waals surface area contributed by atoms with E-state index in [0.717, 1.165) is 12.0 Å². The van der Waals surface area contributed by atoms with Gasteiger partial charge in [-0.15, -0.1) is 0 Å². The van der Waals surface area contributed by atoms with E-state index in [2.05, 4.69) is 10.6 Å². The summed E-state index contributed by atoms with van der Waals surface area (Å²) < 4.78 is 5.84. The number of carbonyl (C=O) groups is 2. The van der Waals surface area contributed by atoms with Crippen LogP contribution in [0.5, 0.6) is 5.75 Å². The summed E-state index contributed by atoms with van der Waals surface area (Å²) in [5.41, 5.74) is 1.76. The molecule has 0 fully saturated rings. The number of para-hydroxylation sites is 1. The zero-order valence-electron chi connectivity index (χ0n) is 16.7. The van der Waals surface area contributed by atoms with E-state index in [4.69, 9.17) is 16.3 Å². The minimum atomic E-state index is -0.689. The number of anilines is 1. The first kappa shape index (κ1) is 21.8. The third-order valence-corrected chi connectivity index (χ3v) is 4.91. The molecule has 28 heavy (non-hydrogen) atoms. The van der Waals surface area contributed by atoms with E-state index in [-0.39, 0.29) is 17.9 Å². The fourth-order valence-corrected chi connectivity index (χ4v) is 2.70. The molecule has 2 amide bonds.